The van der Waals surface area contributed by atoms with E-state index in [1.807, 2.05) is 4.68 Å². The van der Waals surface area contributed by atoms with Gasteiger partial charge in [-0.15, -0.1) is 5.10 Å². The molecule has 1 aromatic heterocycles. The lowest BCUT2D eigenvalue weighted by Gasteiger charge is -2.28. The van der Waals surface area contributed by atoms with Crippen molar-refractivity contribution < 1.29 is 9.05 Å². The van der Waals surface area contributed by atoms with E-state index in [-0.39, 0.29) is 6.10 Å². The molecule has 308 valence electrons. The lowest BCUT2D eigenvalue weighted by Crippen LogP contribution is -2.30. The number of nitrogens with zero attached hydrogens (tertiary/aromatic N) is 4. The molecule has 1 aromatic carbocycles. The zero-order valence-electron chi connectivity index (χ0n) is 35.1. The fraction of sp³-hybridized carbons (Fsp3) is 0.860. The molecule has 0 aliphatic rings. The highest BCUT2D eigenvalue weighted by Gasteiger charge is 2.25. The molecule has 7 nitrogen and oxygen atoms in total. The van der Waals surface area contributed by atoms with Crippen molar-refractivity contribution in [1.29, 1.82) is 0 Å². The van der Waals surface area contributed by atoms with Crippen molar-refractivity contribution in [2.45, 2.75) is 208 Å². The van der Waals surface area contributed by atoms with Crippen LogP contribution in [-0.2, 0) is 33.9 Å². The Kier molecular flexibility index (Phi) is 29.8. The monoisotopic (exact) mass is 796 g/mol. The standard InChI is InChI=1S/C43H82N5O2PS2/c1-6-10-13-15-16-17-18-19-20-21-22-23-24-25-26-28-33-44-34-29-35-47(38-48-43-32-31-41(9-4)37-42(43)45-46-48)39-53-51(52,49-36-12-8-3)50-40(5)30-27-14-11-7-2/h31-32,37,40,44H,6-30,33-36,38-39H2,1-5H3. The Hall–Kier alpha value is -0.540. The quantitative estimate of drug-likeness (QED) is 0.0410. The Balaban J connectivity index is 1.75. The van der Waals surface area contributed by atoms with Crippen LogP contribution in [0.15, 0.2) is 18.2 Å². The molecule has 2 atom stereocenters. The fourth-order valence-electron chi connectivity index (χ4n) is 6.76. The molecule has 0 amide bonds. The summed E-state index contributed by atoms with van der Waals surface area (Å²) in [6.07, 6.45) is 32.9. The SMILES string of the molecule is CCCCCCCCCCCCCCCCCCNCCCN(CSP(=S)(OCCCC)OC(C)CCCCCC)Cn1nnc2cc(CC)ccc21. The second-order valence-corrected chi connectivity index (χ2v) is 21.6. The molecule has 0 aliphatic carbocycles. The molecule has 53 heavy (non-hydrogen) atoms. The molecule has 0 fully saturated rings. The Bertz CT molecular complexity index is 1180. The summed E-state index contributed by atoms with van der Waals surface area (Å²) in [4.78, 5) is 2.45. The van der Waals surface area contributed by atoms with Crippen molar-refractivity contribution >= 4 is 39.9 Å². The molecular weight excluding hydrogens is 714 g/mol. The van der Waals surface area contributed by atoms with Gasteiger partial charge < -0.3 is 14.4 Å². The lowest BCUT2D eigenvalue weighted by molar-refractivity contribution is 0.187. The number of hydrogen-bond donors (Lipinski definition) is 1. The Morgan fingerprint density at radius 1 is 0.755 bits per heavy atom. The summed E-state index contributed by atoms with van der Waals surface area (Å²) >= 11 is 7.89. The van der Waals surface area contributed by atoms with Crippen LogP contribution in [0.1, 0.15) is 194 Å². The number of hydrogen-bond acceptors (Lipinski definition) is 8. The first kappa shape index (κ1) is 48.6. The summed E-state index contributed by atoms with van der Waals surface area (Å²) in [6, 6.07) is 6.53. The highest BCUT2D eigenvalue weighted by Crippen LogP contribution is 2.62. The summed E-state index contributed by atoms with van der Waals surface area (Å²) in [5, 5.41) is 12.8. The summed E-state index contributed by atoms with van der Waals surface area (Å²) in [5.41, 5.74) is 0.835. The van der Waals surface area contributed by atoms with Gasteiger partial charge in [0, 0.05) is 6.54 Å². The molecule has 0 saturated carbocycles. The predicted octanol–water partition coefficient (Wildman–Crippen LogP) is 13.6. The Morgan fingerprint density at radius 3 is 1.92 bits per heavy atom. The first-order valence-corrected chi connectivity index (χ1v) is 26.5. The van der Waals surface area contributed by atoms with E-state index in [2.05, 4.69) is 73.3 Å². The van der Waals surface area contributed by atoms with Crippen molar-refractivity contribution in [3.8, 4) is 0 Å². The number of rotatable bonds is 38. The van der Waals surface area contributed by atoms with Crippen LogP contribution in [0.4, 0.5) is 0 Å². The molecule has 0 aliphatic heterocycles. The van der Waals surface area contributed by atoms with E-state index < -0.39 is 5.69 Å². The molecule has 0 spiro atoms. The van der Waals surface area contributed by atoms with Crippen LogP contribution in [0.5, 0.6) is 0 Å². The summed E-state index contributed by atoms with van der Waals surface area (Å²) in [5.74, 6) is 0.749. The number of aryl methyl sites for hydroxylation is 1. The van der Waals surface area contributed by atoms with E-state index in [0.29, 0.717) is 13.3 Å². The maximum absolute atomic E-state index is 6.59. The topological polar surface area (TPSA) is 64.4 Å². The molecule has 2 unspecified atom stereocenters. The molecule has 0 radical (unpaired) electrons. The normalized spacial score (nSPS) is 13.7. The Morgan fingerprint density at radius 2 is 1.32 bits per heavy atom. The van der Waals surface area contributed by atoms with Crippen LogP contribution in [-0.4, -0.2) is 58.1 Å². The van der Waals surface area contributed by atoms with Crippen molar-refractivity contribution in [2.24, 2.45) is 0 Å². The second-order valence-electron chi connectivity index (χ2n) is 15.4. The Labute approximate surface area is 336 Å². The van der Waals surface area contributed by atoms with Gasteiger partial charge in [-0.3, -0.25) is 4.90 Å². The van der Waals surface area contributed by atoms with Gasteiger partial charge in [0.15, 0.2) is 0 Å². The summed E-state index contributed by atoms with van der Waals surface area (Å²) in [6.45, 7) is 15.5. The first-order valence-electron chi connectivity index (χ1n) is 22.3. The molecule has 0 bridgehead atoms. The van der Waals surface area contributed by atoms with E-state index in [1.165, 1.54) is 134 Å². The van der Waals surface area contributed by atoms with Crippen LogP contribution in [0.25, 0.3) is 11.0 Å². The predicted molar refractivity (Wildman–Crippen MR) is 238 cm³/mol. The zero-order valence-corrected chi connectivity index (χ0v) is 37.6. The average Bonchev–Trinajstić information content (AvgIpc) is 3.56. The smallest absolute Gasteiger partial charge is 0.248 e. The van der Waals surface area contributed by atoms with E-state index in [4.69, 9.17) is 20.9 Å². The van der Waals surface area contributed by atoms with Gasteiger partial charge in [0.2, 0.25) is 5.69 Å². The zero-order chi connectivity index (χ0) is 38.2. The molecular formula is C43H82N5O2PS2. The van der Waals surface area contributed by atoms with Crippen molar-refractivity contribution in [3.05, 3.63) is 23.8 Å². The number of nitrogens with one attached hydrogen (secondary N) is 1. The van der Waals surface area contributed by atoms with E-state index in [9.17, 15) is 0 Å². The summed E-state index contributed by atoms with van der Waals surface area (Å²) in [7, 11) is 0. The second kappa shape index (κ2) is 32.5. The minimum absolute atomic E-state index is 0.112. The van der Waals surface area contributed by atoms with Gasteiger partial charge in [-0.1, -0.05) is 179 Å². The maximum Gasteiger partial charge on any atom is 0.248 e. The van der Waals surface area contributed by atoms with E-state index in [0.717, 1.165) is 68.6 Å². The van der Waals surface area contributed by atoms with Crippen LogP contribution >= 0.6 is 17.1 Å². The van der Waals surface area contributed by atoms with E-state index in [1.54, 1.807) is 11.4 Å². The maximum atomic E-state index is 6.59. The van der Waals surface area contributed by atoms with Crippen molar-refractivity contribution in [1.82, 2.24) is 25.2 Å². The highest BCUT2D eigenvalue weighted by atomic mass is 32.9. The molecule has 1 heterocycles. The number of unbranched alkanes of at least 4 members (excludes halogenated alkanes) is 19. The van der Waals surface area contributed by atoms with Gasteiger partial charge >= 0.3 is 0 Å². The van der Waals surface area contributed by atoms with Gasteiger partial charge in [-0.2, -0.15) is 0 Å². The average molecular weight is 796 g/mol. The van der Waals surface area contributed by atoms with E-state index >= 15 is 0 Å². The van der Waals surface area contributed by atoms with Gasteiger partial charge in [0.05, 0.1) is 30.8 Å². The molecule has 1 N–H and O–H groups in total. The molecule has 10 heteroatoms. The fourth-order valence-corrected chi connectivity index (χ4v) is 11.4. The summed E-state index contributed by atoms with van der Waals surface area (Å²) < 4.78 is 15.0. The van der Waals surface area contributed by atoms with Crippen molar-refractivity contribution in [2.75, 3.05) is 32.1 Å². The van der Waals surface area contributed by atoms with Crippen LogP contribution in [0.3, 0.4) is 0 Å². The largest absolute Gasteiger partial charge is 0.322 e. The number of aromatic nitrogens is 3. The highest BCUT2D eigenvalue weighted by molar-refractivity contribution is 8.67. The van der Waals surface area contributed by atoms with Crippen LogP contribution in [0, 0.1) is 0 Å². The molecule has 2 rings (SSSR count). The third kappa shape index (κ3) is 24.0. The van der Waals surface area contributed by atoms with Gasteiger partial charge in [-0.05, 0) is 81.6 Å². The minimum atomic E-state index is -2.50. The third-order valence-corrected chi connectivity index (χ3v) is 15.6. The van der Waals surface area contributed by atoms with Gasteiger partial charge in [0.25, 0.3) is 0 Å². The lowest BCUT2D eigenvalue weighted by atomic mass is 10.0. The number of benzene rings is 1. The van der Waals surface area contributed by atoms with Gasteiger partial charge in [0.1, 0.15) is 5.52 Å². The third-order valence-electron chi connectivity index (χ3n) is 10.3. The van der Waals surface area contributed by atoms with Crippen LogP contribution in [0.2, 0.25) is 0 Å². The van der Waals surface area contributed by atoms with Gasteiger partial charge in [-0.25, -0.2) is 4.68 Å². The minimum Gasteiger partial charge on any atom is -0.322 e. The molecule has 0 saturated heterocycles. The van der Waals surface area contributed by atoms with Crippen molar-refractivity contribution in [3.63, 3.8) is 0 Å². The van der Waals surface area contributed by atoms with Crippen LogP contribution < -0.4 is 5.32 Å². The molecule has 2 aromatic rings. The number of fused-ring (bicyclic) bond motifs is 1. The first-order chi connectivity index (χ1) is 25.9.